The molecule has 2 fully saturated rings. The second kappa shape index (κ2) is 6.42. The molecule has 2 aliphatic heterocycles. The number of piperidine rings is 1. The summed E-state index contributed by atoms with van der Waals surface area (Å²) in [6.07, 6.45) is 4.46. The molecule has 3 heterocycles. The molecule has 2 atom stereocenters. The normalized spacial score (nSPS) is 25.2. The van der Waals surface area contributed by atoms with E-state index in [0.29, 0.717) is 22.8 Å². The molecule has 1 amide bonds. The van der Waals surface area contributed by atoms with Crippen molar-refractivity contribution in [3.63, 3.8) is 0 Å². The van der Waals surface area contributed by atoms with Gasteiger partial charge in [-0.1, -0.05) is 22.9 Å². The van der Waals surface area contributed by atoms with Gasteiger partial charge in [-0.2, -0.15) is 0 Å². The van der Waals surface area contributed by atoms with Gasteiger partial charge < -0.3 is 10.2 Å². The van der Waals surface area contributed by atoms with E-state index >= 15 is 0 Å². The van der Waals surface area contributed by atoms with Crippen molar-refractivity contribution < 1.29 is 4.79 Å². The van der Waals surface area contributed by atoms with Gasteiger partial charge in [-0.25, -0.2) is 4.68 Å². The van der Waals surface area contributed by atoms with E-state index in [0.717, 1.165) is 24.2 Å². The van der Waals surface area contributed by atoms with E-state index in [-0.39, 0.29) is 11.9 Å². The number of rotatable bonds is 3. The zero-order valence-electron chi connectivity index (χ0n) is 14.4. The van der Waals surface area contributed by atoms with E-state index in [1.807, 2.05) is 43.1 Å². The minimum absolute atomic E-state index is 0.0583. The predicted octanol–water partition coefficient (Wildman–Crippen LogP) is 2.58. The molecule has 0 saturated carbocycles. The molecule has 7 heteroatoms. The third-order valence-electron chi connectivity index (χ3n) is 5.47. The average Bonchev–Trinajstić information content (AvgIpc) is 3.15. The first-order valence-corrected chi connectivity index (χ1v) is 9.12. The quantitative estimate of drug-likeness (QED) is 0.914. The Morgan fingerprint density at radius 2 is 2.04 bits per heavy atom. The summed E-state index contributed by atoms with van der Waals surface area (Å²) in [7, 11) is 1.88. The summed E-state index contributed by atoms with van der Waals surface area (Å²) >= 11 is 6.06. The monoisotopic (exact) mass is 359 g/mol. The predicted molar refractivity (Wildman–Crippen MR) is 96.2 cm³/mol. The van der Waals surface area contributed by atoms with Gasteiger partial charge in [-0.15, -0.1) is 5.10 Å². The summed E-state index contributed by atoms with van der Waals surface area (Å²) < 4.78 is 1.67. The Morgan fingerprint density at radius 1 is 1.32 bits per heavy atom. The minimum Gasteiger partial charge on any atom is -0.337 e. The number of hydrogen-bond acceptors (Lipinski definition) is 4. The van der Waals surface area contributed by atoms with Crippen LogP contribution in [0.5, 0.6) is 0 Å². The SMILES string of the molecule is Cc1c(C(=O)N(C)C2CC3CCC(C2)N3)nnn1-c1cccc(Cl)c1. The number of nitrogens with one attached hydrogen (secondary N) is 1. The highest BCUT2D eigenvalue weighted by atomic mass is 35.5. The van der Waals surface area contributed by atoms with Crippen molar-refractivity contribution in [2.24, 2.45) is 0 Å². The van der Waals surface area contributed by atoms with E-state index in [9.17, 15) is 4.79 Å². The maximum atomic E-state index is 13.0. The van der Waals surface area contributed by atoms with Crippen molar-refractivity contribution in [3.8, 4) is 5.69 Å². The second-order valence-corrected chi connectivity index (χ2v) is 7.53. The Hall–Kier alpha value is -1.92. The fraction of sp³-hybridized carbons (Fsp3) is 0.500. The standard InChI is InChI=1S/C18H22ClN5O/c1-11-17(21-22-24(11)15-5-3-4-12(19)8-15)18(25)23(2)16-9-13-6-7-14(10-16)20-13/h3-5,8,13-14,16,20H,6-7,9-10H2,1-2H3. The highest BCUT2D eigenvalue weighted by molar-refractivity contribution is 6.30. The number of aromatic nitrogens is 3. The summed E-state index contributed by atoms with van der Waals surface area (Å²) in [5, 5.41) is 12.6. The van der Waals surface area contributed by atoms with Crippen LogP contribution in [0, 0.1) is 6.92 Å². The van der Waals surface area contributed by atoms with Gasteiger partial charge >= 0.3 is 0 Å². The molecule has 1 aromatic carbocycles. The zero-order valence-corrected chi connectivity index (χ0v) is 15.2. The number of carbonyl (C=O) groups excluding carboxylic acids is 1. The van der Waals surface area contributed by atoms with Crippen LogP contribution in [-0.4, -0.2) is 51.0 Å². The Labute approximate surface area is 152 Å². The summed E-state index contributed by atoms with van der Waals surface area (Å²) in [5.41, 5.74) is 1.95. The van der Waals surface area contributed by atoms with Gasteiger partial charge in [0, 0.05) is 30.2 Å². The second-order valence-electron chi connectivity index (χ2n) is 7.09. The molecule has 2 unspecified atom stereocenters. The van der Waals surface area contributed by atoms with Crippen molar-refractivity contribution in [1.82, 2.24) is 25.2 Å². The van der Waals surface area contributed by atoms with E-state index in [1.165, 1.54) is 12.8 Å². The highest BCUT2D eigenvalue weighted by Gasteiger charge is 2.37. The van der Waals surface area contributed by atoms with Gasteiger partial charge in [0.05, 0.1) is 11.4 Å². The molecule has 2 aromatic rings. The fourth-order valence-electron chi connectivity index (χ4n) is 4.06. The van der Waals surface area contributed by atoms with E-state index in [2.05, 4.69) is 15.6 Å². The Kier molecular flexibility index (Phi) is 4.25. The maximum Gasteiger partial charge on any atom is 0.276 e. The first kappa shape index (κ1) is 16.5. The van der Waals surface area contributed by atoms with Crippen LogP contribution < -0.4 is 5.32 Å². The number of hydrogen-bond donors (Lipinski definition) is 1. The van der Waals surface area contributed by atoms with Crippen LogP contribution >= 0.6 is 11.6 Å². The Bertz CT molecular complexity index is 793. The number of benzene rings is 1. The van der Waals surface area contributed by atoms with Crippen molar-refractivity contribution in [3.05, 3.63) is 40.7 Å². The molecule has 2 saturated heterocycles. The van der Waals surface area contributed by atoms with E-state index < -0.39 is 0 Å². The van der Waals surface area contributed by atoms with Gasteiger partial charge in [-0.3, -0.25) is 4.79 Å². The molecule has 132 valence electrons. The van der Waals surface area contributed by atoms with Crippen molar-refractivity contribution in [2.75, 3.05) is 7.05 Å². The lowest BCUT2D eigenvalue weighted by atomic mass is 9.98. The van der Waals surface area contributed by atoms with Crippen molar-refractivity contribution in [2.45, 2.75) is 50.7 Å². The smallest absolute Gasteiger partial charge is 0.276 e. The number of halogens is 1. The molecule has 2 aliphatic rings. The number of fused-ring (bicyclic) bond motifs is 2. The molecule has 1 N–H and O–H groups in total. The molecular weight excluding hydrogens is 338 g/mol. The average molecular weight is 360 g/mol. The molecular formula is C18H22ClN5O. The summed E-state index contributed by atoms with van der Waals surface area (Å²) in [6.45, 7) is 1.87. The summed E-state index contributed by atoms with van der Waals surface area (Å²) in [5.74, 6) is -0.0583. The number of amides is 1. The lowest BCUT2D eigenvalue weighted by Crippen LogP contribution is -2.48. The molecule has 4 rings (SSSR count). The van der Waals surface area contributed by atoms with Gasteiger partial charge in [0.2, 0.25) is 0 Å². The lowest BCUT2D eigenvalue weighted by Gasteiger charge is -2.35. The van der Waals surface area contributed by atoms with Gasteiger partial charge in [0.15, 0.2) is 5.69 Å². The summed E-state index contributed by atoms with van der Waals surface area (Å²) in [6, 6.07) is 8.73. The van der Waals surface area contributed by atoms with Crippen LogP contribution in [0.1, 0.15) is 41.9 Å². The zero-order chi connectivity index (χ0) is 17.6. The van der Waals surface area contributed by atoms with Crippen LogP contribution in [0.4, 0.5) is 0 Å². The topological polar surface area (TPSA) is 63.1 Å². The first-order chi connectivity index (χ1) is 12.0. The Balaban J connectivity index is 1.56. The fourth-order valence-corrected chi connectivity index (χ4v) is 4.24. The largest absolute Gasteiger partial charge is 0.337 e. The van der Waals surface area contributed by atoms with Gasteiger partial charge in [-0.05, 0) is 50.8 Å². The maximum absolute atomic E-state index is 13.0. The molecule has 0 radical (unpaired) electrons. The molecule has 1 aromatic heterocycles. The third-order valence-corrected chi connectivity index (χ3v) is 5.70. The van der Waals surface area contributed by atoms with Crippen molar-refractivity contribution >= 4 is 17.5 Å². The van der Waals surface area contributed by atoms with Gasteiger partial charge in [0.1, 0.15) is 0 Å². The molecule has 25 heavy (non-hydrogen) atoms. The molecule has 2 bridgehead atoms. The summed E-state index contributed by atoms with van der Waals surface area (Å²) in [4.78, 5) is 14.8. The third kappa shape index (κ3) is 3.04. The highest BCUT2D eigenvalue weighted by Crippen LogP contribution is 2.30. The van der Waals surface area contributed by atoms with Crippen LogP contribution in [-0.2, 0) is 0 Å². The molecule has 6 nitrogen and oxygen atoms in total. The Morgan fingerprint density at radius 3 is 2.72 bits per heavy atom. The van der Waals surface area contributed by atoms with Crippen LogP contribution in [0.15, 0.2) is 24.3 Å². The first-order valence-electron chi connectivity index (χ1n) is 8.74. The van der Waals surface area contributed by atoms with E-state index in [1.54, 1.807) is 4.68 Å². The molecule has 0 aliphatic carbocycles. The van der Waals surface area contributed by atoms with E-state index in [4.69, 9.17) is 11.6 Å². The lowest BCUT2D eigenvalue weighted by molar-refractivity contribution is 0.0675. The van der Waals surface area contributed by atoms with Gasteiger partial charge in [0.25, 0.3) is 5.91 Å². The number of carbonyl (C=O) groups is 1. The minimum atomic E-state index is -0.0583. The molecule has 0 spiro atoms. The number of nitrogens with zero attached hydrogens (tertiary/aromatic N) is 4. The van der Waals surface area contributed by atoms with Crippen molar-refractivity contribution in [1.29, 1.82) is 0 Å². The van der Waals surface area contributed by atoms with Crippen LogP contribution in [0.2, 0.25) is 5.02 Å². The van der Waals surface area contributed by atoms with Crippen LogP contribution in [0.25, 0.3) is 5.69 Å². The van der Waals surface area contributed by atoms with Crippen LogP contribution in [0.3, 0.4) is 0 Å².